The van der Waals surface area contributed by atoms with Crippen LogP contribution in [-0.2, 0) is 18.8 Å². The minimum absolute atomic E-state index is 0.254. The van der Waals surface area contributed by atoms with Crippen molar-refractivity contribution in [2.24, 2.45) is 14.1 Å². The molecule has 0 spiro atoms. The van der Waals surface area contributed by atoms with Gasteiger partial charge in [0.05, 0.1) is 12.2 Å². The zero-order chi connectivity index (χ0) is 17.4. The molecule has 1 aromatic carbocycles. The van der Waals surface area contributed by atoms with Crippen LogP contribution in [0.5, 0.6) is 0 Å². The van der Waals surface area contributed by atoms with Gasteiger partial charge in [-0.25, -0.2) is 14.6 Å². The maximum atomic E-state index is 12.2. The van der Waals surface area contributed by atoms with Crippen LogP contribution in [0.4, 0.5) is 0 Å². The Balaban J connectivity index is 2.09. The Labute approximate surface area is 136 Å². The van der Waals surface area contributed by atoms with Gasteiger partial charge < -0.3 is 9.72 Å². The molecule has 0 aliphatic heterocycles. The summed E-state index contributed by atoms with van der Waals surface area (Å²) < 4.78 is 7.27. The number of rotatable bonds is 3. The number of aromatic amines is 1. The van der Waals surface area contributed by atoms with Gasteiger partial charge in [0.25, 0.3) is 5.56 Å². The molecule has 2 heterocycles. The summed E-state index contributed by atoms with van der Waals surface area (Å²) in [5, 5.41) is 0. The first kappa shape index (κ1) is 15.7. The predicted molar refractivity (Wildman–Crippen MR) is 88.0 cm³/mol. The number of hydrogen-bond acceptors (Lipinski definition) is 5. The van der Waals surface area contributed by atoms with Gasteiger partial charge in [-0.1, -0.05) is 12.1 Å². The molecule has 0 aliphatic carbocycles. The van der Waals surface area contributed by atoms with Crippen LogP contribution in [0.15, 0.2) is 33.9 Å². The Morgan fingerprint density at radius 2 is 1.83 bits per heavy atom. The molecular weight excluding hydrogens is 312 g/mol. The smallest absolute Gasteiger partial charge is 0.338 e. The second kappa shape index (κ2) is 5.80. The van der Waals surface area contributed by atoms with Gasteiger partial charge in [-0.2, -0.15) is 0 Å². The van der Waals surface area contributed by atoms with Gasteiger partial charge in [0.1, 0.15) is 11.3 Å². The van der Waals surface area contributed by atoms with Crippen molar-refractivity contribution in [3.63, 3.8) is 0 Å². The Kier molecular flexibility index (Phi) is 3.80. The van der Waals surface area contributed by atoms with Crippen LogP contribution in [0.2, 0.25) is 0 Å². The van der Waals surface area contributed by atoms with Crippen molar-refractivity contribution < 1.29 is 9.53 Å². The number of nitrogens with one attached hydrogen (secondary N) is 1. The highest BCUT2D eigenvalue weighted by Gasteiger charge is 2.14. The number of aromatic nitrogens is 4. The topological polar surface area (TPSA) is 99.0 Å². The van der Waals surface area contributed by atoms with Crippen molar-refractivity contribution in [2.75, 3.05) is 6.61 Å². The third-order valence-electron chi connectivity index (χ3n) is 3.76. The lowest BCUT2D eigenvalue weighted by Gasteiger charge is -2.02. The first-order valence-electron chi connectivity index (χ1n) is 7.37. The minimum Gasteiger partial charge on any atom is -0.462 e. The molecule has 3 aromatic rings. The molecule has 24 heavy (non-hydrogen) atoms. The number of ether oxygens (including phenoxy) is 1. The third-order valence-corrected chi connectivity index (χ3v) is 3.76. The van der Waals surface area contributed by atoms with Crippen LogP contribution in [0.3, 0.4) is 0 Å². The van der Waals surface area contributed by atoms with E-state index >= 15 is 0 Å². The summed E-state index contributed by atoms with van der Waals surface area (Å²) in [5.41, 5.74) is 0.781. The molecule has 0 amide bonds. The lowest BCUT2D eigenvalue weighted by Crippen LogP contribution is -2.36. The summed E-state index contributed by atoms with van der Waals surface area (Å²) in [7, 11) is 2.97. The first-order valence-corrected chi connectivity index (χ1v) is 7.37. The average molecular weight is 328 g/mol. The molecule has 2 aromatic heterocycles. The summed E-state index contributed by atoms with van der Waals surface area (Å²) >= 11 is 0. The zero-order valence-corrected chi connectivity index (χ0v) is 13.5. The van der Waals surface area contributed by atoms with Gasteiger partial charge >= 0.3 is 11.7 Å². The number of aryl methyl sites for hydroxylation is 1. The first-order chi connectivity index (χ1) is 11.4. The molecule has 0 radical (unpaired) electrons. The molecule has 0 fully saturated rings. The Bertz CT molecular complexity index is 1040. The maximum Gasteiger partial charge on any atom is 0.338 e. The summed E-state index contributed by atoms with van der Waals surface area (Å²) in [6.45, 7) is 2.05. The second-order valence-corrected chi connectivity index (χ2v) is 5.29. The fraction of sp³-hybridized carbons (Fsp3) is 0.250. The van der Waals surface area contributed by atoms with E-state index in [-0.39, 0.29) is 11.2 Å². The van der Waals surface area contributed by atoms with Crippen molar-refractivity contribution in [1.29, 1.82) is 0 Å². The number of H-pyrrole nitrogens is 1. The van der Waals surface area contributed by atoms with Crippen molar-refractivity contribution in [1.82, 2.24) is 19.1 Å². The molecule has 0 saturated heterocycles. The van der Waals surface area contributed by atoms with Gasteiger partial charge in [0.15, 0.2) is 5.65 Å². The fourth-order valence-electron chi connectivity index (χ4n) is 2.44. The van der Waals surface area contributed by atoms with Crippen molar-refractivity contribution in [3.05, 3.63) is 50.7 Å². The minimum atomic E-state index is -0.441. The highest BCUT2D eigenvalue weighted by Crippen LogP contribution is 2.19. The molecule has 0 atom stereocenters. The molecule has 0 aliphatic rings. The zero-order valence-electron chi connectivity index (χ0n) is 13.5. The molecule has 8 heteroatoms. The Morgan fingerprint density at radius 1 is 1.17 bits per heavy atom. The second-order valence-electron chi connectivity index (χ2n) is 5.29. The quantitative estimate of drug-likeness (QED) is 0.717. The fourth-order valence-corrected chi connectivity index (χ4v) is 2.44. The van der Waals surface area contributed by atoms with Crippen LogP contribution in [0, 0.1) is 0 Å². The van der Waals surface area contributed by atoms with Crippen LogP contribution in [0.25, 0.3) is 22.6 Å². The normalized spacial score (nSPS) is 11.0. The van der Waals surface area contributed by atoms with Crippen LogP contribution in [0.1, 0.15) is 17.3 Å². The predicted octanol–water partition coefficient (Wildman–Crippen LogP) is 0.804. The van der Waals surface area contributed by atoms with Gasteiger partial charge in [0, 0.05) is 19.7 Å². The average Bonchev–Trinajstić information content (AvgIpc) is 3.04. The van der Waals surface area contributed by atoms with E-state index in [0.29, 0.717) is 23.6 Å². The largest absolute Gasteiger partial charge is 0.462 e. The molecule has 0 bridgehead atoms. The SMILES string of the molecule is CCOC(=O)c1ccc(-c2nc3c([nH]2)c(=O)n(C)c(=O)n3C)cc1. The van der Waals surface area contributed by atoms with Crippen molar-refractivity contribution in [3.8, 4) is 11.4 Å². The monoisotopic (exact) mass is 328 g/mol. The highest BCUT2D eigenvalue weighted by molar-refractivity contribution is 5.90. The molecule has 3 rings (SSSR count). The molecule has 8 nitrogen and oxygen atoms in total. The Hall–Kier alpha value is -3.16. The molecule has 0 saturated carbocycles. The van der Waals surface area contributed by atoms with E-state index < -0.39 is 17.2 Å². The molecular formula is C16H16N4O4. The molecule has 0 unspecified atom stereocenters. The van der Waals surface area contributed by atoms with Crippen molar-refractivity contribution in [2.45, 2.75) is 6.92 Å². The van der Waals surface area contributed by atoms with E-state index in [1.165, 1.54) is 11.6 Å². The summed E-state index contributed by atoms with van der Waals surface area (Å²) in [6.07, 6.45) is 0. The van der Waals surface area contributed by atoms with Crippen LogP contribution >= 0.6 is 0 Å². The number of esters is 1. The Morgan fingerprint density at radius 3 is 2.46 bits per heavy atom. The summed E-state index contributed by atoms with van der Waals surface area (Å²) in [6, 6.07) is 6.65. The number of benzene rings is 1. The highest BCUT2D eigenvalue weighted by atomic mass is 16.5. The van der Waals surface area contributed by atoms with Gasteiger partial charge in [-0.05, 0) is 19.1 Å². The lowest BCUT2D eigenvalue weighted by molar-refractivity contribution is 0.0526. The number of carbonyl (C=O) groups excluding carboxylic acids is 1. The lowest BCUT2D eigenvalue weighted by atomic mass is 10.1. The third kappa shape index (κ3) is 2.41. The van der Waals surface area contributed by atoms with E-state index in [2.05, 4.69) is 9.97 Å². The molecule has 1 N–H and O–H groups in total. The van der Waals surface area contributed by atoms with Gasteiger partial charge in [-0.3, -0.25) is 13.9 Å². The number of hydrogen-bond donors (Lipinski definition) is 1. The van der Waals surface area contributed by atoms with E-state index in [1.54, 1.807) is 38.2 Å². The number of nitrogens with zero attached hydrogens (tertiary/aromatic N) is 3. The van der Waals surface area contributed by atoms with Crippen molar-refractivity contribution >= 4 is 17.1 Å². The van der Waals surface area contributed by atoms with Gasteiger partial charge in [-0.15, -0.1) is 0 Å². The van der Waals surface area contributed by atoms with Gasteiger partial charge in [0.2, 0.25) is 0 Å². The maximum absolute atomic E-state index is 12.2. The van der Waals surface area contributed by atoms with Crippen LogP contribution < -0.4 is 11.2 Å². The summed E-state index contributed by atoms with van der Waals surface area (Å²) in [5.74, 6) is 0.0450. The van der Waals surface area contributed by atoms with E-state index in [0.717, 1.165) is 4.57 Å². The van der Waals surface area contributed by atoms with E-state index in [1.807, 2.05) is 0 Å². The van der Waals surface area contributed by atoms with E-state index in [4.69, 9.17) is 4.74 Å². The van der Waals surface area contributed by atoms with Crippen LogP contribution in [-0.4, -0.2) is 31.7 Å². The standard InChI is InChI=1S/C16H16N4O4/c1-4-24-15(22)10-7-5-9(6-8-10)12-17-11-13(18-12)19(2)16(23)20(3)14(11)21/h5-8H,4H2,1-3H3,(H,17,18). The molecule has 124 valence electrons. The van der Waals surface area contributed by atoms with E-state index in [9.17, 15) is 14.4 Å². The number of fused-ring (bicyclic) bond motifs is 1. The number of imidazole rings is 1. The number of carbonyl (C=O) groups is 1. The summed E-state index contributed by atoms with van der Waals surface area (Å²) in [4.78, 5) is 43.1.